The molecule has 186 valence electrons. The smallest absolute Gasteiger partial charge is 0.265 e. The molecule has 1 fully saturated rings. The molecule has 1 N–H and O–H groups in total. The number of rotatable bonds is 8. The van der Waals surface area contributed by atoms with Crippen LogP contribution in [0.3, 0.4) is 0 Å². The van der Waals surface area contributed by atoms with Gasteiger partial charge in [0.15, 0.2) is 0 Å². The number of hydrogen-bond donors (Lipinski definition) is 1. The lowest BCUT2D eigenvalue weighted by molar-refractivity contribution is -0.173. The Balaban J connectivity index is 1.42. The van der Waals surface area contributed by atoms with E-state index in [1.165, 1.54) is 16.2 Å². The molecule has 2 aliphatic rings. The van der Waals surface area contributed by atoms with E-state index in [2.05, 4.69) is 78.1 Å². The number of nitrogens with zero attached hydrogens (tertiary/aromatic N) is 1. The summed E-state index contributed by atoms with van der Waals surface area (Å²) < 4.78 is 6.16. The van der Waals surface area contributed by atoms with Crippen LogP contribution in [0.5, 0.6) is 0 Å². The normalized spacial score (nSPS) is 16.3. The number of benzene rings is 4. The lowest BCUT2D eigenvalue weighted by atomic mass is 9.80. The van der Waals surface area contributed by atoms with Gasteiger partial charge in [0.25, 0.3) is 5.91 Å². The quantitative estimate of drug-likeness (QED) is 0.364. The van der Waals surface area contributed by atoms with Crippen LogP contribution in [0.15, 0.2) is 109 Å². The molecule has 4 aromatic rings. The molecule has 5 heteroatoms. The number of fused-ring (bicyclic) bond motifs is 3. The Bertz CT molecular complexity index is 1320. The minimum atomic E-state index is -0.718. The van der Waals surface area contributed by atoms with Crippen LogP contribution in [0.2, 0.25) is 0 Å². The highest BCUT2D eigenvalue weighted by Gasteiger charge is 2.47. The van der Waals surface area contributed by atoms with Gasteiger partial charge in [-0.15, -0.1) is 0 Å². The zero-order valence-corrected chi connectivity index (χ0v) is 20.7. The van der Waals surface area contributed by atoms with E-state index in [-0.39, 0.29) is 12.5 Å². The van der Waals surface area contributed by atoms with Crippen molar-refractivity contribution < 1.29 is 14.4 Å². The molecule has 1 saturated heterocycles. The maximum absolute atomic E-state index is 13.8. The number of carbonyl (C=O) groups is 1. The lowest BCUT2D eigenvalue weighted by Crippen LogP contribution is -2.56. The molecule has 0 unspecified atom stereocenters. The second-order valence-corrected chi connectivity index (χ2v) is 9.53. The summed E-state index contributed by atoms with van der Waals surface area (Å²) in [6.45, 7) is 1.78. The second-order valence-electron chi connectivity index (χ2n) is 9.53. The van der Waals surface area contributed by atoms with Crippen molar-refractivity contribution >= 4 is 5.91 Å². The van der Waals surface area contributed by atoms with E-state index in [1.54, 1.807) is 0 Å². The van der Waals surface area contributed by atoms with Crippen LogP contribution in [0.25, 0.3) is 11.1 Å². The first-order chi connectivity index (χ1) is 18.3. The lowest BCUT2D eigenvalue weighted by Gasteiger charge is -2.38. The average Bonchev–Trinajstić information content (AvgIpc) is 3.60. The van der Waals surface area contributed by atoms with E-state index in [0.717, 1.165) is 28.7 Å². The highest BCUT2D eigenvalue weighted by molar-refractivity contribution is 5.85. The summed E-state index contributed by atoms with van der Waals surface area (Å²) in [7, 11) is 0. The molecule has 4 aromatic carbocycles. The molecule has 0 radical (unpaired) electrons. The first kappa shape index (κ1) is 23.6. The van der Waals surface area contributed by atoms with Crippen LogP contribution in [-0.2, 0) is 26.5 Å². The van der Waals surface area contributed by atoms with E-state index >= 15 is 0 Å². The van der Waals surface area contributed by atoms with Crippen molar-refractivity contribution in [1.82, 2.24) is 10.4 Å². The number of hydroxylamine groups is 2. The molecule has 1 aliphatic carbocycles. The minimum Gasteiger partial charge on any atom is -0.375 e. The largest absolute Gasteiger partial charge is 0.375 e. The average molecular weight is 491 g/mol. The third-order valence-electron chi connectivity index (χ3n) is 7.24. The summed E-state index contributed by atoms with van der Waals surface area (Å²) in [6, 6.07) is 36.7. The SMILES string of the molecule is O=C([C@@H](COCc1ccccc1)NC1(c2ccccc2)c2ccccc2-c2ccccc21)N1CCCO1. The minimum absolute atomic E-state index is 0.109. The predicted molar refractivity (Wildman–Crippen MR) is 144 cm³/mol. The number of amides is 1. The number of hydrogen-bond acceptors (Lipinski definition) is 4. The third-order valence-corrected chi connectivity index (χ3v) is 7.24. The third kappa shape index (κ3) is 4.36. The molecule has 0 aromatic heterocycles. The van der Waals surface area contributed by atoms with Gasteiger partial charge in [0.1, 0.15) is 6.04 Å². The molecule has 1 heterocycles. The molecular formula is C32H30N2O3. The zero-order valence-electron chi connectivity index (χ0n) is 20.7. The fourth-order valence-corrected chi connectivity index (χ4v) is 5.57. The van der Waals surface area contributed by atoms with Crippen LogP contribution in [0.1, 0.15) is 28.7 Å². The van der Waals surface area contributed by atoms with Gasteiger partial charge in [-0.05, 0) is 39.8 Å². The van der Waals surface area contributed by atoms with Crippen LogP contribution >= 0.6 is 0 Å². The predicted octanol–water partition coefficient (Wildman–Crippen LogP) is 5.30. The maximum Gasteiger partial charge on any atom is 0.265 e. The molecule has 5 nitrogen and oxygen atoms in total. The Morgan fingerprint density at radius 1 is 0.838 bits per heavy atom. The first-order valence-electron chi connectivity index (χ1n) is 12.9. The fraction of sp³-hybridized carbons (Fsp3) is 0.219. The Kier molecular flexibility index (Phi) is 6.58. The van der Waals surface area contributed by atoms with Crippen molar-refractivity contribution in [1.29, 1.82) is 0 Å². The van der Waals surface area contributed by atoms with Crippen molar-refractivity contribution in [3.63, 3.8) is 0 Å². The highest BCUT2D eigenvalue weighted by Crippen LogP contribution is 2.51. The Morgan fingerprint density at radius 3 is 2.05 bits per heavy atom. The van der Waals surface area contributed by atoms with E-state index in [9.17, 15) is 4.79 Å². The highest BCUT2D eigenvalue weighted by atomic mass is 16.7. The van der Waals surface area contributed by atoms with Crippen LogP contribution in [0.4, 0.5) is 0 Å². The molecule has 1 aliphatic heterocycles. The van der Waals surface area contributed by atoms with Gasteiger partial charge < -0.3 is 4.74 Å². The molecule has 0 bridgehead atoms. The van der Waals surface area contributed by atoms with Gasteiger partial charge in [0.2, 0.25) is 0 Å². The summed E-state index contributed by atoms with van der Waals surface area (Å²) in [6.07, 6.45) is 0.832. The number of nitrogens with one attached hydrogen (secondary N) is 1. The summed E-state index contributed by atoms with van der Waals surface area (Å²) >= 11 is 0. The monoisotopic (exact) mass is 490 g/mol. The van der Waals surface area contributed by atoms with Gasteiger partial charge in [0, 0.05) is 0 Å². The van der Waals surface area contributed by atoms with E-state index in [4.69, 9.17) is 9.57 Å². The molecule has 37 heavy (non-hydrogen) atoms. The topological polar surface area (TPSA) is 50.8 Å². The molecule has 0 spiro atoms. The molecular weight excluding hydrogens is 460 g/mol. The molecule has 0 saturated carbocycles. The maximum atomic E-state index is 13.8. The van der Waals surface area contributed by atoms with Crippen molar-refractivity contribution in [3.8, 4) is 11.1 Å². The Labute approximate surface area is 217 Å². The Morgan fingerprint density at radius 2 is 1.43 bits per heavy atom. The number of ether oxygens (including phenoxy) is 1. The van der Waals surface area contributed by atoms with Crippen molar-refractivity contribution in [3.05, 3.63) is 131 Å². The van der Waals surface area contributed by atoms with Crippen molar-refractivity contribution in [2.75, 3.05) is 19.8 Å². The van der Waals surface area contributed by atoms with Crippen LogP contribution in [-0.4, -0.2) is 36.8 Å². The van der Waals surface area contributed by atoms with Gasteiger partial charge in [-0.3, -0.25) is 14.9 Å². The Hall–Kier alpha value is -3.77. The standard InChI is InChI=1S/C32H30N2O3/c35-31(34-20-11-21-37-34)30(23-36-22-24-12-3-1-4-13-24)33-32(25-14-5-2-6-15-25)28-18-9-7-16-26(28)27-17-8-10-19-29(27)32/h1-10,12-19,30,33H,11,20-23H2/t30-/m1/s1. The van der Waals surface area contributed by atoms with Gasteiger partial charge in [-0.2, -0.15) is 0 Å². The molecule has 6 rings (SSSR count). The first-order valence-corrected chi connectivity index (χ1v) is 12.9. The van der Waals surface area contributed by atoms with Crippen molar-refractivity contribution in [2.24, 2.45) is 0 Å². The molecule has 1 atom stereocenters. The van der Waals surface area contributed by atoms with Crippen LogP contribution < -0.4 is 5.32 Å². The summed E-state index contributed by atoms with van der Waals surface area (Å²) in [5.41, 5.74) is 6.03. The van der Waals surface area contributed by atoms with Crippen LogP contribution in [0, 0.1) is 0 Å². The summed E-state index contributed by atoms with van der Waals surface area (Å²) in [5, 5.41) is 5.32. The van der Waals surface area contributed by atoms with Gasteiger partial charge in [0.05, 0.1) is 31.9 Å². The van der Waals surface area contributed by atoms with Gasteiger partial charge in [-0.25, -0.2) is 5.06 Å². The number of carbonyl (C=O) groups excluding carboxylic acids is 1. The second kappa shape index (κ2) is 10.3. The van der Waals surface area contributed by atoms with E-state index < -0.39 is 11.6 Å². The van der Waals surface area contributed by atoms with Gasteiger partial charge in [-0.1, -0.05) is 109 Å². The van der Waals surface area contributed by atoms with Crippen molar-refractivity contribution in [2.45, 2.75) is 24.6 Å². The molecule has 1 amide bonds. The fourth-order valence-electron chi connectivity index (χ4n) is 5.57. The summed E-state index contributed by atoms with van der Waals surface area (Å²) in [4.78, 5) is 19.5. The summed E-state index contributed by atoms with van der Waals surface area (Å²) in [5.74, 6) is -0.109. The van der Waals surface area contributed by atoms with E-state index in [1.807, 2.05) is 36.4 Å². The van der Waals surface area contributed by atoms with Gasteiger partial charge >= 0.3 is 0 Å². The van der Waals surface area contributed by atoms with E-state index in [0.29, 0.717) is 19.8 Å². The zero-order chi connectivity index (χ0) is 25.1.